The van der Waals surface area contributed by atoms with Crippen molar-refractivity contribution in [3.05, 3.63) is 45.6 Å². The van der Waals surface area contributed by atoms with Crippen LogP contribution in [0, 0.1) is 18.8 Å². The zero-order valence-corrected chi connectivity index (χ0v) is 16.8. The number of hydrogen-bond donors (Lipinski definition) is 2. The summed E-state index contributed by atoms with van der Waals surface area (Å²) < 4.78 is 1.56. The van der Waals surface area contributed by atoms with Crippen LogP contribution < -0.4 is 4.90 Å². The normalized spacial score (nSPS) is 24.8. The number of aryl methyl sites for hydroxylation is 1. The first-order valence-electron chi connectivity index (χ1n) is 9.07. The summed E-state index contributed by atoms with van der Waals surface area (Å²) in [7, 11) is 0. The predicted molar refractivity (Wildman–Crippen MR) is 104 cm³/mol. The van der Waals surface area contributed by atoms with Crippen molar-refractivity contribution in [2.45, 2.75) is 33.2 Å². The van der Waals surface area contributed by atoms with Gasteiger partial charge in [-0.25, -0.2) is 4.98 Å². The zero-order valence-electron chi connectivity index (χ0n) is 15.2. The Morgan fingerprint density at radius 3 is 2.69 bits per heavy atom. The van der Waals surface area contributed by atoms with Gasteiger partial charge in [0.15, 0.2) is 6.04 Å². The van der Waals surface area contributed by atoms with Crippen LogP contribution >= 0.6 is 22.9 Å². The number of benzene rings is 1. The highest BCUT2D eigenvalue weighted by Crippen LogP contribution is 2.36. The lowest BCUT2D eigenvalue weighted by molar-refractivity contribution is -0.936. The van der Waals surface area contributed by atoms with Gasteiger partial charge in [0.05, 0.1) is 13.1 Å². The van der Waals surface area contributed by atoms with Gasteiger partial charge in [0.1, 0.15) is 10.7 Å². The van der Waals surface area contributed by atoms with Crippen molar-refractivity contribution in [3.8, 4) is 5.88 Å². The minimum absolute atomic E-state index is 0.0349. The average molecular weight is 392 g/mol. The molecular weight excluding hydrogens is 368 g/mol. The summed E-state index contributed by atoms with van der Waals surface area (Å²) in [4.78, 5) is 7.56. The Balaban J connectivity index is 1.84. The van der Waals surface area contributed by atoms with Crippen molar-refractivity contribution >= 4 is 27.9 Å². The molecule has 3 heterocycles. The summed E-state index contributed by atoms with van der Waals surface area (Å²) in [6, 6.07) is 8.04. The quantitative estimate of drug-likeness (QED) is 0.721. The first-order valence-corrected chi connectivity index (χ1v) is 10.3. The lowest BCUT2D eigenvalue weighted by Crippen LogP contribution is -3.14. The summed E-state index contributed by atoms with van der Waals surface area (Å²) >= 11 is 7.82. The Labute approximate surface area is 162 Å². The number of thiazole rings is 1. The van der Waals surface area contributed by atoms with Crippen molar-refractivity contribution in [2.75, 3.05) is 13.1 Å². The molecular formula is C19H24ClN4OS+. The first-order chi connectivity index (χ1) is 12.4. The summed E-state index contributed by atoms with van der Waals surface area (Å²) in [5, 5.41) is 15.9. The van der Waals surface area contributed by atoms with Gasteiger partial charge in [-0.15, -0.1) is 5.10 Å². The van der Waals surface area contributed by atoms with Gasteiger partial charge in [0, 0.05) is 22.4 Å². The second-order valence-electron chi connectivity index (χ2n) is 7.64. The van der Waals surface area contributed by atoms with Crippen LogP contribution in [0.25, 0.3) is 4.96 Å². The number of aromatic hydroxyl groups is 1. The monoisotopic (exact) mass is 391 g/mol. The van der Waals surface area contributed by atoms with Gasteiger partial charge < -0.3 is 10.0 Å². The lowest BCUT2D eigenvalue weighted by Gasteiger charge is -2.37. The highest BCUT2D eigenvalue weighted by Gasteiger charge is 2.37. The number of nitrogens with zero attached hydrogens (tertiary/aromatic N) is 3. The van der Waals surface area contributed by atoms with E-state index in [1.165, 1.54) is 22.7 Å². The van der Waals surface area contributed by atoms with E-state index in [4.69, 9.17) is 11.6 Å². The molecule has 0 aliphatic carbocycles. The van der Waals surface area contributed by atoms with Gasteiger partial charge in [-0.2, -0.15) is 4.52 Å². The smallest absolute Gasteiger partial charge is 0.235 e. The van der Waals surface area contributed by atoms with Crippen LogP contribution in [-0.4, -0.2) is 32.8 Å². The minimum atomic E-state index is 0.0349. The van der Waals surface area contributed by atoms with Crippen LogP contribution in [-0.2, 0) is 0 Å². The molecule has 1 aromatic carbocycles. The van der Waals surface area contributed by atoms with Crippen molar-refractivity contribution in [2.24, 2.45) is 11.8 Å². The van der Waals surface area contributed by atoms with E-state index in [0.717, 1.165) is 33.5 Å². The maximum absolute atomic E-state index is 10.9. The average Bonchev–Trinajstić information content (AvgIpc) is 3.05. The van der Waals surface area contributed by atoms with Gasteiger partial charge in [0.2, 0.25) is 10.8 Å². The molecule has 3 atom stereocenters. The van der Waals surface area contributed by atoms with Crippen LogP contribution in [0.15, 0.2) is 24.3 Å². The molecule has 0 unspecified atom stereocenters. The third-order valence-corrected chi connectivity index (χ3v) is 6.50. The van der Waals surface area contributed by atoms with E-state index in [9.17, 15) is 5.11 Å². The molecule has 0 radical (unpaired) electrons. The minimum Gasteiger partial charge on any atom is -0.492 e. The Kier molecular flexibility index (Phi) is 4.67. The first kappa shape index (κ1) is 17.8. The number of hydrogen-bond acceptors (Lipinski definition) is 4. The fourth-order valence-electron chi connectivity index (χ4n) is 4.36. The summed E-state index contributed by atoms with van der Waals surface area (Å²) in [5.41, 5.74) is 1.13. The molecule has 4 rings (SSSR count). The highest BCUT2D eigenvalue weighted by molar-refractivity contribution is 7.17. The lowest BCUT2D eigenvalue weighted by atomic mass is 9.89. The second-order valence-corrected chi connectivity index (χ2v) is 9.09. The predicted octanol–water partition coefficient (Wildman–Crippen LogP) is 3.11. The largest absolute Gasteiger partial charge is 0.492 e. The molecule has 0 amide bonds. The fourth-order valence-corrected chi connectivity index (χ4v) is 5.75. The van der Waals surface area contributed by atoms with Crippen molar-refractivity contribution < 1.29 is 10.0 Å². The number of fused-ring (bicyclic) bond motifs is 1. The molecule has 1 aliphatic heterocycles. The van der Waals surface area contributed by atoms with E-state index < -0.39 is 0 Å². The SMILES string of the molecule is Cc1nc2sc([C@H](c3cccc(Cl)c3)[NH+]3C[C@@H](C)C[C@H](C)C3)c(O)n2n1. The second kappa shape index (κ2) is 6.83. The Hall–Kier alpha value is -1.63. The molecule has 1 fully saturated rings. The van der Waals surface area contributed by atoms with Gasteiger partial charge in [-0.1, -0.05) is 48.9 Å². The van der Waals surface area contributed by atoms with Crippen LogP contribution in [0.2, 0.25) is 5.02 Å². The molecule has 7 heteroatoms. The number of quaternary nitrogens is 1. The number of piperidine rings is 1. The van der Waals surface area contributed by atoms with Crippen LogP contribution in [0.3, 0.4) is 0 Å². The Morgan fingerprint density at radius 1 is 1.31 bits per heavy atom. The molecule has 1 aliphatic rings. The molecule has 138 valence electrons. The maximum atomic E-state index is 10.9. The molecule has 1 saturated heterocycles. The van der Waals surface area contributed by atoms with E-state index in [-0.39, 0.29) is 11.9 Å². The summed E-state index contributed by atoms with van der Waals surface area (Å²) in [6.07, 6.45) is 1.26. The van der Waals surface area contributed by atoms with Gasteiger partial charge in [-0.3, -0.25) is 0 Å². The molecule has 26 heavy (non-hydrogen) atoms. The molecule has 5 nitrogen and oxygen atoms in total. The molecule has 3 aromatic rings. The zero-order chi connectivity index (χ0) is 18.4. The Morgan fingerprint density at radius 2 is 2.04 bits per heavy atom. The molecule has 0 spiro atoms. The molecule has 2 N–H and O–H groups in total. The van der Waals surface area contributed by atoms with E-state index in [1.54, 1.807) is 4.52 Å². The van der Waals surface area contributed by atoms with Crippen molar-refractivity contribution in [1.82, 2.24) is 14.6 Å². The topological polar surface area (TPSA) is 54.9 Å². The summed E-state index contributed by atoms with van der Waals surface area (Å²) in [5.74, 6) is 2.18. The van der Waals surface area contributed by atoms with Crippen LogP contribution in [0.4, 0.5) is 0 Å². The summed E-state index contributed by atoms with van der Waals surface area (Å²) in [6.45, 7) is 8.63. The molecule has 0 bridgehead atoms. The van der Waals surface area contributed by atoms with Gasteiger partial charge >= 0.3 is 0 Å². The van der Waals surface area contributed by atoms with Crippen molar-refractivity contribution in [3.63, 3.8) is 0 Å². The number of aromatic nitrogens is 3. The van der Waals surface area contributed by atoms with Crippen molar-refractivity contribution in [1.29, 1.82) is 0 Å². The fraction of sp³-hybridized carbons (Fsp3) is 0.474. The number of rotatable bonds is 3. The molecule has 2 aromatic heterocycles. The number of likely N-dealkylation sites (tertiary alicyclic amines) is 1. The van der Waals surface area contributed by atoms with Crippen LogP contribution in [0.5, 0.6) is 5.88 Å². The number of halogens is 1. The maximum Gasteiger partial charge on any atom is 0.235 e. The van der Waals surface area contributed by atoms with Crippen LogP contribution in [0.1, 0.15) is 42.6 Å². The number of nitrogens with one attached hydrogen (secondary N) is 1. The van der Waals surface area contributed by atoms with E-state index in [2.05, 4.69) is 30.0 Å². The van der Waals surface area contributed by atoms with E-state index in [1.807, 2.05) is 25.1 Å². The Bertz CT molecular complexity index is 927. The van der Waals surface area contributed by atoms with Gasteiger partial charge in [0.25, 0.3) is 0 Å². The highest BCUT2D eigenvalue weighted by atomic mass is 35.5. The van der Waals surface area contributed by atoms with E-state index in [0.29, 0.717) is 17.7 Å². The van der Waals surface area contributed by atoms with Gasteiger partial charge in [-0.05, 0) is 25.5 Å². The third kappa shape index (κ3) is 3.21. The standard InChI is InChI=1S/C19H23ClN4OS/c1-11-7-12(2)10-23(9-11)16(14-5-4-6-15(20)8-14)17-18(25)24-19(26-17)21-13(3)22-24/h4-6,8,11-12,16,25H,7,9-10H2,1-3H3/p+1/t11-,12-,16-/m0/s1. The van der Waals surface area contributed by atoms with E-state index >= 15 is 0 Å². The molecule has 0 saturated carbocycles. The third-order valence-electron chi connectivity index (χ3n) is 5.18.